The third kappa shape index (κ3) is 5.46. The lowest BCUT2D eigenvalue weighted by atomic mass is 10.0. The summed E-state index contributed by atoms with van der Waals surface area (Å²) in [6, 6.07) is 3.32. The molecule has 4 aromatic rings. The standard InChI is InChI=1S/C24H25ClF2N4O6S2/c1-29(38(3,34)35)5-6-31-12-16-20(24(31)33)23(32)21-15(22(16)30(2)39(4,36)37)8-13(11-28-21)7-14-9-17(25)19(27)10-18(14)26/h8-12,32-33H,5-7H2,1-4H3. The molecule has 0 spiro atoms. The summed E-state index contributed by atoms with van der Waals surface area (Å²) < 4.78 is 80.1. The van der Waals surface area contributed by atoms with E-state index in [0.29, 0.717) is 11.6 Å². The van der Waals surface area contributed by atoms with Gasteiger partial charge in [-0.05, 0) is 23.3 Å². The van der Waals surface area contributed by atoms with Gasteiger partial charge in [-0.25, -0.2) is 29.9 Å². The second-order valence-electron chi connectivity index (χ2n) is 9.22. The highest BCUT2D eigenvalue weighted by atomic mass is 35.5. The van der Waals surface area contributed by atoms with E-state index in [2.05, 4.69) is 4.98 Å². The van der Waals surface area contributed by atoms with E-state index >= 15 is 0 Å². The van der Waals surface area contributed by atoms with E-state index in [1.807, 2.05) is 0 Å². The molecule has 0 bridgehead atoms. The third-order valence-electron chi connectivity index (χ3n) is 6.48. The van der Waals surface area contributed by atoms with Gasteiger partial charge in [-0.15, -0.1) is 0 Å². The van der Waals surface area contributed by atoms with Gasteiger partial charge in [0.2, 0.25) is 25.9 Å². The monoisotopic (exact) mass is 602 g/mol. The molecule has 0 atom stereocenters. The van der Waals surface area contributed by atoms with Gasteiger partial charge in [0.15, 0.2) is 5.75 Å². The third-order valence-corrected chi connectivity index (χ3v) is 9.27. The maximum Gasteiger partial charge on any atom is 0.232 e. The lowest BCUT2D eigenvalue weighted by Crippen LogP contribution is -2.28. The number of sulfonamides is 2. The van der Waals surface area contributed by atoms with Crippen LogP contribution in [0.3, 0.4) is 0 Å². The van der Waals surface area contributed by atoms with Crippen LogP contribution in [0.1, 0.15) is 11.1 Å². The highest BCUT2D eigenvalue weighted by Crippen LogP contribution is 2.46. The molecule has 2 aromatic heterocycles. The van der Waals surface area contributed by atoms with Crippen LogP contribution in [0.25, 0.3) is 21.7 Å². The number of nitrogens with zero attached hydrogens (tertiary/aromatic N) is 4. The molecule has 0 fully saturated rings. The van der Waals surface area contributed by atoms with Crippen molar-refractivity contribution >= 4 is 59.0 Å². The van der Waals surface area contributed by atoms with E-state index in [1.54, 1.807) is 0 Å². The zero-order valence-electron chi connectivity index (χ0n) is 21.3. The summed E-state index contributed by atoms with van der Waals surface area (Å²) in [7, 11) is -4.70. The van der Waals surface area contributed by atoms with Gasteiger partial charge in [0.05, 0.1) is 28.6 Å². The van der Waals surface area contributed by atoms with Crippen molar-refractivity contribution in [3.8, 4) is 11.6 Å². The number of phenols is 1. The van der Waals surface area contributed by atoms with Crippen LogP contribution < -0.4 is 4.31 Å². The summed E-state index contributed by atoms with van der Waals surface area (Å²) in [5.41, 5.74) is 0.530. The number of hydrogen-bond donors (Lipinski definition) is 2. The lowest BCUT2D eigenvalue weighted by Gasteiger charge is -2.21. The molecule has 0 radical (unpaired) electrons. The molecule has 15 heteroatoms. The first kappa shape index (κ1) is 28.8. The van der Waals surface area contributed by atoms with Crippen molar-refractivity contribution in [2.75, 3.05) is 37.5 Å². The number of anilines is 1. The molecule has 0 saturated heterocycles. The second kappa shape index (κ2) is 10.1. The van der Waals surface area contributed by atoms with Crippen LogP contribution >= 0.6 is 11.6 Å². The van der Waals surface area contributed by atoms with Crippen LogP contribution in [0.15, 0.2) is 30.6 Å². The first-order valence-corrected chi connectivity index (χ1v) is 15.4. The van der Waals surface area contributed by atoms with Gasteiger partial charge in [0.25, 0.3) is 0 Å². The molecular formula is C24H25ClF2N4O6S2. The Balaban J connectivity index is 1.94. The quantitative estimate of drug-likeness (QED) is 0.295. The van der Waals surface area contributed by atoms with Crippen LogP contribution in [0.5, 0.6) is 11.6 Å². The largest absolute Gasteiger partial charge is 0.505 e. The van der Waals surface area contributed by atoms with Crippen LogP contribution in [0, 0.1) is 11.6 Å². The Morgan fingerprint density at radius 3 is 2.28 bits per heavy atom. The fraction of sp³-hybridized carbons (Fsp3) is 0.292. The highest BCUT2D eigenvalue weighted by molar-refractivity contribution is 7.92. The molecule has 0 unspecified atom stereocenters. The van der Waals surface area contributed by atoms with Crippen molar-refractivity contribution < 1.29 is 35.8 Å². The average molecular weight is 603 g/mol. The maximum absolute atomic E-state index is 14.4. The van der Waals surface area contributed by atoms with Gasteiger partial charge >= 0.3 is 0 Å². The Kier molecular flexibility index (Phi) is 7.44. The number of halogens is 3. The molecule has 0 aliphatic rings. The predicted molar refractivity (Wildman–Crippen MR) is 145 cm³/mol. The minimum Gasteiger partial charge on any atom is -0.505 e. The molecule has 4 rings (SSSR count). The number of benzene rings is 2. The number of likely N-dealkylation sites (N-methyl/N-ethyl adjacent to an activating group) is 1. The van der Waals surface area contributed by atoms with E-state index in [-0.39, 0.29) is 57.5 Å². The summed E-state index contributed by atoms with van der Waals surface area (Å²) in [5.74, 6) is -2.58. The normalized spacial score (nSPS) is 12.6. The minimum atomic E-state index is -3.86. The number of aromatic nitrogens is 2. The molecular weight excluding hydrogens is 578 g/mol. The van der Waals surface area contributed by atoms with Gasteiger partial charge < -0.3 is 14.8 Å². The number of aromatic hydroxyl groups is 2. The van der Waals surface area contributed by atoms with E-state index in [0.717, 1.165) is 27.2 Å². The molecule has 10 nitrogen and oxygen atoms in total. The zero-order valence-corrected chi connectivity index (χ0v) is 23.7. The zero-order chi connectivity index (χ0) is 29.0. The molecule has 0 saturated carbocycles. The van der Waals surface area contributed by atoms with Gasteiger partial charge in [0.1, 0.15) is 17.2 Å². The van der Waals surface area contributed by atoms with Crippen molar-refractivity contribution in [1.82, 2.24) is 13.9 Å². The highest BCUT2D eigenvalue weighted by Gasteiger charge is 2.27. The molecule has 2 N–H and O–H groups in total. The smallest absolute Gasteiger partial charge is 0.232 e. The lowest BCUT2D eigenvalue weighted by molar-refractivity contribution is 0.393. The van der Waals surface area contributed by atoms with E-state index < -0.39 is 43.3 Å². The molecule has 0 aliphatic carbocycles. The number of hydrogen-bond acceptors (Lipinski definition) is 7. The van der Waals surface area contributed by atoms with Crippen molar-refractivity contribution in [3.63, 3.8) is 0 Å². The van der Waals surface area contributed by atoms with Crippen molar-refractivity contribution in [1.29, 1.82) is 0 Å². The van der Waals surface area contributed by atoms with Crippen LogP contribution in [-0.4, -0.2) is 74.1 Å². The minimum absolute atomic E-state index is 0.00875. The molecule has 0 amide bonds. The molecule has 210 valence electrons. The fourth-order valence-electron chi connectivity index (χ4n) is 4.21. The second-order valence-corrected chi connectivity index (χ2v) is 13.7. The fourth-order valence-corrected chi connectivity index (χ4v) is 5.33. The first-order valence-electron chi connectivity index (χ1n) is 11.3. The van der Waals surface area contributed by atoms with E-state index in [9.17, 15) is 35.8 Å². The van der Waals surface area contributed by atoms with Crippen molar-refractivity contribution in [2.45, 2.75) is 13.0 Å². The summed E-state index contributed by atoms with van der Waals surface area (Å²) in [6.45, 7) is -0.0235. The molecule has 2 heterocycles. The van der Waals surface area contributed by atoms with E-state index in [1.165, 1.54) is 37.1 Å². The van der Waals surface area contributed by atoms with Crippen molar-refractivity contribution in [2.24, 2.45) is 0 Å². The first-order chi connectivity index (χ1) is 18.0. The molecule has 0 aliphatic heterocycles. The van der Waals surface area contributed by atoms with Crippen LogP contribution in [-0.2, 0) is 33.0 Å². The Morgan fingerprint density at radius 2 is 1.67 bits per heavy atom. The number of fused-ring (bicyclic) bond motifs is 2. The van der Waals surface area contributed by atoms with Gasteiger partial charge in [-0.3, -0.25) is 9.29 Å². The Bertz CT molecular complexity index is 1850. The van der Waals surface area contributed by atoms with Crippen LogP contribution in [0.4, 0.5) is 14.5 Å². The van der Waals surface area contributed by atoms with Gasteiger partial charge in [0, 0.05) is 62.8 Å². The SMILES string of the molecule is CN(CCn1cc2c(N(C)S(C)(=O)=O)c3cc(Cc4cc(Cl)c(F)cc4F)cnc3c(O)c2c1O)S(C)(=O)=O. The number of pyridine rings is 1. The molecule has 39 heavy (non-hydrogen) atoms. The van der Waals surface area contributed by atoms with E-state index in [4.69, 9.17) is 11.6 Å². The maximum atomic E-state index is 14.4. The predicted octanol–water partition coefficient (Wildman–Crippen LogP) is 3.41. The Morgan fingerprint density at radius 1 is 1.00 bits per heavy atom. The average Bonchev–Trinajstić information content (AvgIpc) is 3.15. The number of phenolic OH excluding ortho intramolecular Hbond substituents is 1. The van der Waals surface area contributed by atoms with Gasteiger partial charge in [-0.2, -0.15) is 0 Å². The number of rotatable bonds is 8. The van der Waals surface area contributed by atoms with Crippen LogP contribution in [0.2, 0.25) is 5.02 Å². The van der Waals surface area contributed by atoms with Crippen molar-refractivity contribution in [3.05, 3.63) is 58.4 Å². The topological polar surface area (TPSA) is 133 Å². The Labute approximate surface area is 228 Å². The summed E-state index contributed by atoms with van der Waals surface area (Å²) in [4.78, 5) is 4.27. The molecule has 2 aromatic carbocycles. The Hall–Kier alpha value is -3.20. The summed E-state index contributed by atoms with van der Waals surface area (Å²) in [6.07, 6.45) is 4.68. The van der Waals surface area contributed by atoms with Gasteiger partial charge in [-0.1, -0.05) is 11.6 Å². The summed E-state index contributed by atoms with van der Waals surface area (Å²) in [5, 5.41) is 22.0. The summed E-state index contributed by atoms with van der Waals surface area (Å²) >= 11 is 5.81.